The first-order valence-electron chi connectivity index (χ1n) is 12.1. The Morgan fingerprint density at radius 3 is 2.33 bits per heavy atom. The molecule has 9 heteroatoms. The number of hydrogen-bond acceptors (Lipinski definition) is 5. The van der Waals surface area contributed by atoms with E-state index in [-0.39, 0.29) is 27.8 Å². The molecule has 40 heavy (non-hydrogen) atoms. The van der Waals surface area contributed by atoms with E-state index in [1.807, 2.05) is 6.07 Å². The van der Waals surface area contributed by atoms with Crippen LogP contribution >= 0.6 is 23.4 Å². The second-order valence-electron chi connectivity index (χ2n) is 8.44. The third kappa shape index (κ3) is 7.59. The predicted molar refractivity (Wildman–Crippen MR) is 156 cm³/mol. The van der Waals surface area contributed by atoms with Crippen molar-refractivity contribution in [3.63, 3.8) is 0 Å². The van der Waals surface area contributed by atoms with Crippen LogP contribution in [0.4, 0.5) is 10.1 Å². The van der Waals surface area contributed by atoms with Crippen molar-refractivity contribution < 1.29 is 23.5 Å². The largest absolute Gasteiger partial charge is 0.497 e. The van der Waals surface area contributed by atoms with Gasteiger partial charge in [-0.1, -0.05) is 41.9 Å². The van der Waals surface area contributed by atoms with Gasteiger partial charge in [0.15, 0.2) is 5.78 Å². The van der Waals surface area contributed by atoms with Gasteiger partial charge < -0.3 is 15.4 Å². The summed E-state index contributed by atoms with van der Waals surface area (Å²) in [5.41, 5.74) is 1.07. The molecule has 0 fully saturated rings. The van der Waals surface area contributed by atoms with Gasteiger partial charge in [0.05, 0.1) is 17.9 Å². The number of anilines is 1. The highest BCUT2D eigenvalue weighted by Gasteiger charge is 2.17. The van der Waals surface area contributed by atoms with Gasteiger partial charge in [-0.3, -0.25) is 14.4 Å². The van der Waals surface area contributed by atoms with Crippen LogP contribution in [0.15, 0.2) is 108 Å². The summed E-state index contributed by atoms with van der Waals surface area (Å²) in [4.78, 5) is 39.5. The molecule has 0 aromatic heterocycles. The number of halogens is 2. The van der Waals surface area contributed by atoms with E-state index in [4.69, 9.17) is 16.3 Å². The predicted octanol–water partition coefficient (Wildman–Crippen LogP) is 6.87. The minimum absolute atomic E-state index is 0.0379. The molecular weight excluding hydrogens is 551 g/mol. The Kier molecular flexibility index (Phi) is 9.72. The second-order valence-corrected chi connectivity index (χ2v) is 9.89. The summed E-state index contributed by atoms with van der Waals surface area (Å²) in [5.74, 6) is -1.08. The number of thioether (sulfide) groups is 1. The van der Waals surface area contributed by atoms with Gasteiger partial charge in [-0.25, -0.2) is 4.39 Å². The molecule has 6 nitrogen and oxygen atoms in total. The van der Waals surface area contributed by atoms with Crippen LogP contribution in [0.3, 0.4) is 0 Å². The molecule has 0 aliphatic carbocycles. The van der Waals surface area contributed by atoms with Crippen molar-refractivity contribution in [1.29, 1.82) is 0 Å². The van der Waals surface area contributed by atoms with Crippen molar-refractivity contribution in [2.24, 2.45) is 0 Å². The molecule has 2 amide bonds. The summed E-state index contributed by atoms with van der Waals surface area (Å²) >= 11 is 7.48. The van der Waals surface area contributed by atoms with Gasteiger partial charge >= 0.3 is 0 Å². The summed E-state index contributed by atoms with van der Waals surface area (Å²) in [5, 5.41) is 5.38. The first-order chi connectivity index (χ1) is 19.3. The van der Waals surface area contributed by atoms with Gasteiger partial charge in [0.25, 0.3) is 11.8 Å². The molecule has 4 aromatic carbocycles. The smallest absolute Gasteiger partial charge is 0.272 e. The quantitative estimate of drug-likeness (QED) is 0.123. The molecule has 4 aromatic rings. The first kappa shape index (κ1) is 28.6. The van der Waals surface area contributed by atoms with E-state index in [0.717, 1.165) is 4.90 Å². The Balaban J connectivity index is 1.51. The fourth-order valence-corrected chi connectivity index (χ4v) is 4.67. The van der Waals surface area contributed by atoms with Crippen molar-refractivity contribution >= 4 is 52.7 Å². The number of methoxy groups -OCH3 is 1. The molecule has 0 aliphatic heterocycles. The van der Waals surface area contributed by atoms with E-state index < -0.39 is 17.6 Å². The number of amides is 2. The first-order valence-corrected chi connectivity index (χ1v) is 13.4. The highest BCUT2D eigenvalue weighted by atomic mass is 35.5. The van der Waals surface area contributed by atoms with E-state index in [9.17, 15) is 18.8 Å². The van der Waals surface area contributed by atoms with Crippen molar-refractivity contribution in [1.82, 2.24) is 5.32 Å². The third-order valence-corrected chi connectivity index (χ3v) is 7.01. The van der Waals surface area contributed by atoms with Crippen LogP contribution in [0.1, 0.15) is 26.3 Å². The Hall–Kier alpha value is -4.40. The fraction of sp³-hybridized carbons (Fsp3) is 0.0645. The highest BCUT2D eigenvalue weighted by molar-refractivity contribution is 8.00. The number of ketones is 1. The number of rotatable bonds is 10. The number of hydrogen-bond donors (Lipinski definition) is 2. The molecule has 2 N–H and O–H groups in total. The van der Waals surface area contributed by atoms with Gasteiger partial charge in [0.1, 0.15) is 17.3 Å². The highest BCUT2D eigenvalue weighted by Crippen LogP contribution is 2.25. The van der Waals surface area contributed by atoms with E-state index in [2.05, 4.69) is 10.6 Å². The van der Waals surface area contributed by atoms with Gasteiger partial charge in [-0.2, -0.15) is 0 Å². The molecule has 0 atom stereocenters. The Morgan fingerprint density at radius 1 is 0.900 bits per heavy atom. The Bertz CT molecular complexity index is 1540. The van der Waals surface area contributed by atoms with Crippen LogP contribution in [-0.2, 0) is 4.79 Å². The van der Waals surface area contributed by atoms with Crippen LogP contribution < -0.4 is 15.4 Å². The molecule has 0 saturated carbocycles. The lowest BCUT2D eigenvalue weighted by molar-refractivity contribution is -0.113. The normalized spacial score (nSPS) is 11.0. The van der Waals surface area contributed by atoms with Gasteiger partial charge in [0, 0.05) is 27.3 Å². The molecule has 0 spiro atoms. The van der Waals surface area contributed by atoms with Gasteiger partial charge in [-0.05, 0) is 72.8 Å². The lowest BCUT2D eigenvalue weighted by Crippen LogP contribution is -2.30. The number of ether oxygens (including phenoxy) is 1. The van der Waals surface area contributed by atoms with Crippen molar-refractivity contribution in [3.8, 4) is 5.75 Å². The number of benzene rings is 4. The van der Waals surface area contributed by atoms with Crippen LogP contribution in [0.2, 0.25) is 5.02 Å². The zero-order valence-electron chi connectivity index (χ0n) is 21.3. The molecule has 0 radical (unpaired) electrons. The summed E-state index contributed by atoms with van der Waals surface area (Å²) in [7, 11) is 1.56. The summed E-state index contributed by atoms with van der Waals surface area (Å²) < 4.78 is 19.6. The SMILES string of the molecule is COc1ccc(C(=O)CSc2cccc(NC(=O)/C(=C/c3c(F)cccc3Cl)NC(=O)c3ccccc3)c2)cc1. The average Bonchev–Trinajstić information content (AvgIpc) is 2.97. The maximum absolute atomic E-state index is 14.5. The Morgan fingerprint density at radius 2 is 1.62 bits per heavy atom. The van der Waals surface area contributed by atoms with Gasteiger partial charge in [0.2, 0.25) is 0 Å². The topological polar surface area (TPSA) is 84.5 Å². The molecule has 202 valence electrons. The van der Waals surface area contributed by atoms with Crippen LogP contribution in [-0.4, -0.2) is 30.5 Å². The lowest BCUT2D eigenvalue weighted by atomic mass is 10.1. The molecule has 0 unspecified atom stereocenters. The molecule has 4 rings (SSSR count). The summed E-state index contributed by atoms with van der Waals surface area (Å²) in [6.07, 6.45) is 1.19. The van der Waals surface area contributed by atoms with E-state index >= 15 is 0 Å². The van der Waals surface area contributed by atoms with Crippen molar-refractivity contribution in [3.05, 3.63) is 130 Å². The maximum atomic E-state index is 14.5. The monoisotopic (exact) mass is 574 g/mol. The molecule has 0 bridgehead atoms. The van der Waals surface area contributed by atoms with Crippen LogP contribution in [0.5, 0.6) is 5.75 Å². The van der Waals surface area contributed by atoms with Gasteiger partial charge in [-0.15, -0.1) is 11.8 Å². The van der Waals surface area contributed by atoms with Crippen molar-refractivity contribution in [2.75, 3.05) is 18.2 Å². The van der Waals surface area contributed by atoms with E-state index in [1.165, 1.54) is 36.0 Å². The number of Topliss-reactive ketones (excluding diaryl/α,β-unsaturated/α-hetero) is 1. The zero-order chi connectivity index (χ0) is 28.5. The van der Waals surface area contributed by atoms with Crippen molar-refractivity contribution in [2.45, 2.75) is 4.90 Å². The fourth-order valence-electron chi connectivity index (χ4n) is 3.61. The van der Waals surface area contributed by atoms with E-state index in [1.54, 1.807) is 79.9 Å². The maximum Gasteiger partial charge on any atom is 0.272 e. The molecule has 0 saturated heterocycles. The minimum atomic E-state index is -0.680. The minimum Gasteiger partial charge on any atom is -0.497 e. The lowest BCUT2D eigenvalue weighted by Gasteiger charge is -2.13. The molecule has 0 heterocycles. The Labute approximate surface area is 240 Å². The number of carbonyl (C=O) groups is 3. The van der Waals surface area contributed by atoms with E-state index in [0.29, 0.717) is 22.6 Å². The van der Waals surface area contributed by atoms with Crippen LogP contribution in [0, 0.1) is 5.82 Å². The average molecular weight is 575 g/mol. The zero-order valence-corrected chi connectivity index (χ0v) is 22.9. The standard InChI is InChI=1S/C31H24ClFN2O4S/c1-39-23-15-13-20(14-16-23)29(36)19-40-24-10-5-9-22(17-24)34-31(38)28(18-25-26(32)11-6-12-27(25)33)35-30(37)21-7-3-2-4-8-21/h2-18H,19H2,1H3,(H,34,38)(H,35,37)/b28-18-. The third-order valence-electron chi connectivity index (χ3n) is 5.69. The summed E-state index contributed by atoms with van der Waals surface area (Å²) in [6, 6.07) is 26.2. The van der Waals surface area contributed by atoms with Crippen LogP contribution in [0.25, 0.3) is 6.08 Å². The number of carbonyl (C=O) groups excluding carboxylic acids is 3. The number of nitrogens with one attached hydrogen (secondary N) is 2. The molecular formula is C31H24ClFN2O4S. The summed E-state index contributed by atoms with van der Waals surface area (Å²) in [6.45, 7) is 0. The molecule has 0 aliphatic rings. The second kappa shape index (κ2) is 13.6.